The van der Waals surface area contributed by atoms with Crippen molar-refractivity contribution < 1.29 is 27.5 Å². The first kappa shape index (κ1) is 21.1. The van der Waals surface area contributed by atoms with Crippen molar-refractivity contribution in [3.8, 4) is 0 Å². The molecule has 1 unspecified atom stereocenters. The smallest absolute Gasteiger partial charge is 0.416 e. The normalized spacial score (nSPS) is 12.4. The van der Waals surface area contributed by atoms with Gasteiger partial charge in [0.1, 0.15) is 0 Å². The number of carbonyl (C=O) groups is 2. The second kappa shape index (κ2) is 8.67. The van der Waals surface area contributed by atoms with Gasteiger partial charge in [0.25, 0.3) is 5.91 Å². The van der Waals surface area contributed by atoms with Gasteiger partial charge in [-0.1, -0.05) is 23.7 Å². The highest BCUT2D eigenvalue weighted by molar-refractivity contribution is 7.98. The van der Waals surface area contributed by atoms with Crippen LogP contribution in [0, 0.1) is 0 Å². The summed E-state index contributed by atoms with van der Waals surface area (Å²) in [7, 11) is 0. The number of alkyl halides is 3. The number of thioether (sulfide) groups is 1. The molecule has 1 amide bonds. The lowest BCUT2D eigenvalue weighted by atomic mass is 10.2. The zero-order chi connectivity index (χ0) is 20.2. The largest absolute Gasteiger partial charge is 0.449 e. The van der Waals surface area contributed by atoms with Gasteiger partial charge in [-0.25, -0.2) is 4.79 Å². The molecule has 2 aromatic rings. The number of nitrogens with one attached hydrogen (secondary N) is 1. The first-order valence-electron chi connectivity index (χ1n) is 7.65. The van der Waals surface area contributed by atoms with Crippen molar-refractivity contribution in [2.45, 2.75) is 24.1 Å². The van der Waals surface area contributed by atoms with Gasteiger partial charge in [-0.15, -0.1) is 11.8 Å². The Labute approximate surface area is 163 Å². The van der Waals surface area contributed by atoms with Crippen molar-refractivity contribution in [1.82, 2.24) is 0 Å². The fourth-order valence-corrected chi connectivity index (χ4v) is 2.87. The molecule has 0 saturated carbocycles. The molecule has 0 aromatic heterocycles. The summed E-state index contributed by atoms with van der Waals surface area (Å²) in [6.45, 7) is 1.32. The maximum Gasteiger partial charge on any atom is 0.416 e. The fraction of sp³-hybridized carbons (Fsp3) is 0.222. The molecule has 144 valence electrons. The van der Waals surface area contributed by atoms with Crippen molar-refractivity contribution >= 4 is 40.9 Å². The van der Waals surface area contributed by atoms with E-state index in [2.05, 4.69) is 5.32 Å². The third-order valence-electron chi connectivity index (χ3n) is 3.53. The lowest BCUT2D eigenvalue weighted by Crippen LogP contribution is -2.30. The Hall–Kier alpha value is -2.19. The second-order valence-electron chi connectivity index (χ2n) is 5.43. The van der Waals surface area contributed by atoms with Crippen molar-refractivity contribution in [3.63, 3.8) is 0 Å². The average molecular weight is 418 g/mol. The Morgan fingerprint density at radius 1 is 1.19 bits per heavy atom. The lowest BCUT2D eigenvalue weighted by molar-refractivity contribution is -0.137. The Balaban J connectivity index is 2.11. The number of esters is 1. The number of hydrogen-bond donors (Lipinski definition) is 1. The Morgan fingerprint density at radius 2 is 1.85 bits per heavy atom. The molecule has 9 heteroatoms. The predicted octanol–water partition coefficient (Wildman–Crippen LogP) is 5.26. The second-order valence-corrected chi connectivity index (χ2v) is 6.68. The van der Waals surface area contributed by atoms with E-state index >= 15 is 0 Å². The summed E-state index contributed by atoms with van der Waals surface area (Å²) in [5.74, 6) is -1.51. The number of anilines is 1. The summed E-state index contributed by atoms with van der Waals surface area (Å²) in [4.78, 5) is 25.1. The third kappa shape index (κ3) is 5.40. The number of carbonyl (C=O) groups excluding carboxylic acids is 2. The van der Waals surface area contributed by atoms with Crippen molar-refractivity contribution in [2.24, 2.45) is 0 Å². The summed E-state index contributed by atoms with van der Waals surface area (Å²) in [5, 5.41) is 2.19. The first-order valence-corrected chi connectivity index (χ1v) is 9.25. The van der Waals surface area contributed by atoms with Gasteiger partial charge in [-0.05, 0) is 43.5 Å². The molecule has 4 nitrogen and oxygen atoms in total. The molecule has 2 aromatic carbocycles. The van der Waals surface area contributed by atoms with Gasteiger partial charge in [0.2, 0.25) is 0 Å². The van der Waals surface area contributed by atoms with E-state index in [1.807, 2.05) is 0 Å². The number of ether oxygens (including phenoxy) is 1. The maximum atomic E-state index is 12.8. The summed E-state index contributed by atoms with van der Waals surface area (Å²) >= 11 is 7.19. The van der Waals surface area contributed by atoms with Gasteiger partial charge >= 0.3 is 12.1 Å². The topological polar surface area (TPSA) is 55.4 Å². The summed E-state index contributed by atoms with van der Waals surface area (Å²) in [6, 6.07) is 9.26. The molecule has 0 aliphatic carbocycles. The SMILES string of the molecule is CSc1ccccc1C(=O)OC(C)C(=O)Nc1cc(C(F)(F)F)ccc1Cl. The molecule has 0 saturated heterocycles. The minimum Gasteiger partial charge on any atom is -0.449 e. The van der Waals surface area contributed by atoms with Crippen LogP contribution in [-0.4, -0.2) is 24.2 Å². The molecule has 27 heavy (non-hydrogen) atoms. The molecular formula is C18H15ClF3NO3S. The van der Waals surface area contributed by atoms with E-state index in [0.29, 0.717) is 10.5 Å². The van der Waals surface area contributed by atoms with Gasteiger partial charge in [0, 0.05) is 4.90 Å². The van der Waals surface area contributed by atoms with E-state index in [0.717, 1.165) is 18.2 Å². The molecule has 0 fully saturated rings. The molecule has 0 spiro atoms. The number of halogens is 4. The zero-order valence-electron chi connectivity index (χ0n) is 14.3. The Morgan fingerprint density at radius 3 is 2.48 bits per heavy atom. The zero-order valence-corrected chi connectivity index (χ0v) is 15.8. The van der Waals surface area contributed by atoms with Crippen LogP contribution in [0.3, 0.4) is 0 Å². The fourth-order valence-electron chi connectivity index (χ4n) is 2.12. The number of rotatable bonds is 5. The quantitative estimate of drug-likeness (QED) is 0.532. The highest BCUT2D eigenvalue weighted by atomic mass is 35.5. The molecule has 1 N–H and O–H groups in total. The molecule has 0 aliphatic heterocycles. The Bertz CT molecular complexity index is 858. The highest BCUT2D eigenvalue weighted by Gasteiger charge is 2.31. The average Bonchev–Trinajstić information content (AvgIpc) is 2.62. The molecule has 0 radical (unpaired) electrons. The number of benzene rings is 2. The standard InChI is InChI=1S/C18H15ClF3NO3S/c1-10(26-17(25)12-5-3-4-6-15(12)27-2)16(24)23-14-9-11(18(20,21)22)7-8-13(14)19/h3-10H,1-2H3,(H,23,24). The van der Waals surface area contributed by atoms with Crippen molar-refractivity contribution in [3.05, 3.63) is 58.6 Å². The Kier molecular flexibility index (Phi) is 6.78. The predicted molar refractivity (Wildman–Crippen MR) is 98.2 cm³/mol. The minimum absolute atomic E-state index is 0.0670. The van der Waals surface area contributed by atoms with E-state index in [-0.39, 0.29) is 10.7 Å². The molecule has 0 heterocycles. The molecular weight excluding hydrogens is 403 g/mol. The van der Waals surface area contributed by atoms with E-state index in [4.69, 9.17) is 16.3 Å². The van der Waals surface area contributed by atoms with Crippen LogP contribution in [0.25, 0.3) is 0 Å². The van der Waals surface area contributed by atoms with Crippen LogP contribution >= 0.6 is 23.4 Å². The van der Waals surface area contributed by atoms with Gasteiger partial charge in [-0.3, -0.25) is 4.79 Å². The summed E-state index contributed by atoms with van der Waals surface area (Å²) in [5.41, 5.74) is -0.883. The number of hydrogen-bond acceptors (Lipinski definition) is 4. The van der Waals surface area contributed by atoms with Gasteiger partial charge < -0.3 is 10.1 Å². The molecule has 0 aliphatic rings. The molecule has 1 atom stereocenters. The maximum absolute atomic E-state index is 12.8. The highest BCUT2D eigenvalue weighted by Crippen LogP contribution is 2.34. The first-order chi connectivity index (χ1) is 12.6. The van der Waals surface area contributed by atoms with Crippen LogP contribution in [0.15, 0.2) is 47.4 Å². The molecule has 0 bridgehead atoms. The van der Waals surface area contributed by atoms with E-state index in [1.54, 1.807) is 30.5 Å². The van der Waals surface area contributed by atoms with Gasteiger partial charge in [-0.2, -0.15) is 13.2 Å². The third-order valence-corrected chi connectivity index (χ3v) is 4.66. The van der Waals surface area contributed by atoms with Crippen LogP contribution in [0.4, 0.5) is 18.9 Å². The van der Waals surface area contributed by atoms with Crippen LogP contribution in [-0.2, 0) is 15.7 Å². The van der Waals surface area contributed by atoms with E-state index in [1.165, 1.54) is 18.7 Å². The number of amides is 1. The molecule has 2 rings (SSSR count). The summed E-state index contributed by atoms with van der Waals surface area (Å²) < 4.78 is 43.5. The minimum atomic E-state index is -4.58. The van der Waals surface area contributed by atoms with Crippen molar-refractivity contribution in [1.29, 1.82) is 0 Å². The van der Waals surface area contributed by atoms with Crippen LogP contribution in [0.1, 0.15) is 22.8 Å². The van der Waals surface area contributed by atoms with Crippen molar-refractivity contribution in [2.75, 3.05) is 11.6 Å². The van der Waals surface area contributed by atoms with Crippen LogP contribution in [0.5, 0.6) is 0 Å². The van der Waals surface area contributed by atoms with Crippen LogP contribution in [0.2, 0.25) is 5.02 Å². The monoisotopic (exact) mass is 417 g/mol. The van der Waals surface area contributed by atoms with Gasteiger partial charge in [0.15, 0.2) is 6.10 Å². The lowest BCUT2D eigenvalue weighted by Gasteiger charge is -2.16. The van der Waals surface area contributed by atoms with Gasteiger partial charge in [0.05, 0.1) is 21.8 Å². The summed E-state index contributed by atoms with van der Waals surface area (Å²) in [6.07, 6.45) is -4.03. The van der Waals surface area contributed by atoms with Crippen LogP contribution < -0.4 is 5.32 Å². The van der Waals surface area contributed by atoms with E-state index in [9.17, 15) is 22.8 Å². The van der Waals surface area contributed by atoms with E-state index < -0.39 is 29.7 Å².